The molecule has 0 bridgehead atoms. The third kappa shape index (κ3) is 3.22. The van der Waals surface area contributed by atoms with E-state index in [1.54, 1.807) is 26.4 Å². The van der Waals surface area contributed by atoms with Crippen molar-refractivity contribution in [2.24, 2.45) is 0 Å². The van der Waals surface area contributed by atoms with Crippen LogP contribution >= 0.6 is 0 Å². The van der Waals surface area contributed by atoms with Gasteiger partial charge in [-0.1, -0.05) is 0 Å². The van der Waals surface area contributed by atoms with Crippen molar-refractivity contribution < 1.29 is 40.6 Å². The number of carbonyl (C=O) groups is 1. The van der Waals surface area contributed by atoms with Crippen molar-refractivity contribution in [3.8, 4) is 11.5 Å². The molecule has 0 unspecified atom stereocenters. The van der Waals surface area contributed by atoms with Crippen molar-refractivity contribution in [1.29, 1.82) is 0 Å². The van der Waals surface area contributed by atoms with E-state index in [-0.39, 0.29) is 0 Å². The van der Waals surface area contributed by atoms with Crippen molar-refractivity contribution in [3.05, 3.63) is 55.2 Å². The van der Waals surface area contributed by atoms with Crippen LogP contribution in [0.4, 0.5) is 0 Å². The first-order valence-electron chi connectivity index (χ1n) is 5.85. The van der Waals surface area contributed by atoms with Crippen LogP contribution in [0.5, 0.6) is 11.5 Å². The Morgan fingerprint density at radius 3 is 2.45 bits per heavy atom. The molecule has 2 aromatic rings. The average Bonchev–Trinajstić information content (AvgIpc) is 2.48. The summed E-state index contributed by atoms with van der Waals surface area (Å²) in [6, 6.07) is 12.7. The van der Waals surface area contributed by atoms with Crippen molar-refractivity contribution in [2.75, 3.05) is 14.2 Å². The van der Waals surface area contributed by atoms with E-state index in [2.05, 4.69) is 0 Å². The number of hydrogen-bond donors (Lipinski definition) is 1. The molecule has 0 aromatic heterocycles. The summed E-state index contributed by atoms with van der Waals surface area (Å²) in [7, 11) is 3.20. The second-order valence-corrected chi connectivity index (χ2v) is 6.74. The maximum absolute atomic E-state index is 11.2. The molecule has 0 amide bonds. The number of halogens is 1. The molecule has 2 aromatic carbocycles. The summed E-state index contributed by atoms with van der Waals surface area (Å²) >= 11 is -0.634. The van der Waals surface area contributed by atoms with Crippen LogP contribution in [0.15, 0.2) is 42.5 Å². The summed E-state index contributed by atoms with van der Waals surface area (Å²) in [5.41, 5.74) is 0.359. The normalized spacial score (nSPS) is 10.3. The summed E-state index contributed by atoms with van der Waals surface area (Å²) < 4.78 is 12.4. The van der Waals surface area contributed by atoms with Crippen LogP contribution in [0.1, 0.15) is 10.4 Å². The molecule has 20 heavy (non-hydrogen) atoms. The number of carboxylic acids is 1. The zero-order valence-corrected chi connectivity index (χ0v) is 13.2. The first-order valence-corrected chi connectivity index (χ1v) is 8.00. The Morgan fingerprint density at radius 1 is 1.05 bits per heavy atom. The fourth-order valence-corrected chi connectivity index (χ4v) is 4.39. The Hall–Kier alpha value is -1.76. The molecule has 0 radical (unpaired) electrons. The van der Waals surface area contributed by atoms with E-state index in [1.807, 2.05) is 30.3 Å². The molecule has 0 aliphatic rings. The van der Waals surface area contributed by atoms with Gasteiger partial charge in [0.2, 0.25) is 0 Å². The van der Waals surface area contributed by atoms with Crippen LogP contribution in [0.3, 0.4) is 0 Å². The number of aromatic carboxylic acids is 1. The maximum atomic E-state index is 11.2. The molecule has 0 aliphatic heterocycles. The number of carboxylic acid groups (broad SMARTS) is 1. The SMILES string of the molecule is COc1ccc([I-]c2ccccc2C(=O)O)c(OC)c1. The predicted octanol–water partition coefficient (Wildman–Crippen LogP) is -0.470. The molecule has 0 aliphatic carbocycles. The second kappa shape index (κ2) is 6.60. The summed E-state index contributed by atoms with van der Waals surface area (Å²) in [5, 5.41) is 9.22. The molecule has 0 spiro atoms. The number of ether oxygens (including phenoxy) is 2. The quantitative estimate of drug-likeness (QED) is 0.708. The van der Waals surface area contributed by atoms with E-state index < -0.39 is 27.2 Å². The topological polar surface area (TPSA) is 55.8 Å². The summed E-state index contributed by atoms with van der Waals surface area (Å²) in [6.45, 7) is 0. The molecular formula is C15H14IO4-. The van der Waals surface area contributed by atoms with Gasteiger partial charge in [0.25, 0.3) is 0 Å². The number of hydrogen-bond acceptors (Lipinski definition) is 3. The number of benzene rings is 2. The first kappa shape index (κ1) is 14.6. The van der Waals surface area contributed by atoms with E-state index in [0.29, 0.717) is 5.56 Å². The minimum absolute atomic E-state index is 0.359. The van der Waals surface area contributed by atoms with E-state index in [4.69, 9.17) is 9.47 Å². The fraction of sp³-hybridized carbons (Fsp3) is 0.133. The third-order valence-corrected chi connectivity index (χ3v) is 5.66. The van der Waals surface area contributed by atoms with Gasteiger partial charge in [-0.25, -0.2) is 0 Å². The Bertz CT molecular complexity index is 625. The average molecular weight is 385 g/mol. The predicted molar refractivity (Wildman–Crippen MR) is 70.3 cm³/mol. The van der Waals surface area contributed by atoms with Crippen molar-refractivity contribution in [1.82, 2.24) is 0 Å². The van der Waals surface area contributed by atoms with Gasteiger partial charge >= 0.3 is 127 Å². The Balaban J connectivity index is 2.37. The van der Waals surface area contributed by atoms with Crippen LogP contribution in [-0.4, -0.2) is 25.3 Å². The monoisotopic (exact) mass is 385 g/mol. The molecule has 0 fully saturated rings. The molecule has 106 valence electrons. The van der Waals surface area contributed by atoms with Crippen molar-refractivity contribution >= 4 is 5.97 Å². The first-order chi connectivity index (χ1) is 9.65. The molecule has 0 saturated heterocycles. The van der Waals surface area contributed by atoms with E-state index in [0.717, 1.165) is 18.6 Å². The molecule has 1 N–H and O–H groups in total. The molecular weight excluding hydrogens is 371 g/mol. The van der Waals surface area contributed by atoms with Gasteiger partial charge in [-0.3, -0.25) is 0 Å². The fourth-order valence-electron chi connectivity index (χ4n) is 1.67. The molecule has 0 heterocycles. The summed E-state index contributed by atoms with van der Waals surface area (Å²) in [4.78, 5) is 11.2. The van der Waals surface area contributed by atoms with E-state index in [1.165, 1.54) is 0 Å². The van der Waals surface area contributed by atoms with Crippen LogP contribution in [0.25, 0.3) is 0 Å². The summed E-state index contributed by atoms with van der Waals surface area (Å²) in [6.07, 6.45) is 0. The Labute approximate surface area is 127 Å². The van der Waals surface area contributed by atoms with Gasteiger partial charge in [-0.2, -0.15) is 0 Å². The van der Waals surface area contributed by atoms with Gasteiger partial charge < -0.3 is 0 Å². The van der Waals surface area contributed by atoms with Crippen molar-refractivity contribution in [2.45, 2.75) is 0 Å². The van der Waals surface area contributed by atoms with Crippen molar-refractivity contribution in [3.63, 3.8) is 0 Å². The van der Waals surface area contributed by atoms with Gasteiger partial charge in [0, 0.05) is 0 Å². The molecule has 5 heteroatoms. The van der Waals surface area contributed by atoms with Gasteiger partial charge in [0.1, 0.15) is 0 Å². The molecule has 2 rings (SSSR count). The van der Waals surface area contributed by atoms with Crippen LogP contribution < -0.4 is 30.7 Å². The van der Waals surface area contributed by atoms with Crippen LogP contribution in [0.2, 0.25) is 0 Å². The Morgan fingerprint density at radius 2 is 1.80 bits per heavy atom. The van der Waals surface area contributed by atoms with Gasteiger partial charge in [-0.05, 0) is 0 Å². The van der Waals surface area contributed by atoms with Crippen LogP contribution in [0, 0.1) is 7.14 Å². The molecule has 4 nitrogen and oxygen atoms in total. The minimum atomic E-state index is -0.896. The summed E-state index contributed by atoms with van der Waals surface area (Å²) in [5.74, 6) is 0.561. The number of rotatable bonds is 5. The zero-order chi connectivity index (χ0) is 14.5. The molecule has 0 atom stereocenters. The van der Waals surface area contributed by atoms with Gasteiger partial charge in [0.05, 0.1) is 0 Å². The van der Waals surface area contributed by atoms with E-state index >= 15 is 0 Å². The third-order valence-electron chi connectivity index (χ3n) is 2.67. The number of methoxy groups -OCH3 is 2. The standard InChI is InChI=1S/C15H14IO4/c1-19-10-7-8-13(14(9-10)20-2)16-12-6-4-3-5-11(12)15(17)18/h3-9H,1-2H3,(H,17,18)/q-1. The molecule has 0 saturated carbocycles. The zero-order valence-electron chi connectivity index (χ0n) is 11.1. The van der Waals surface area contributed by atoms with Crippen LogP contribution in [-0.2, 0) is 0 Å². The second-order valence-electron chi connectivity index (χ2n) is 3.88. The van der Waals surface area contributed by atoms with Gasteiger partial charge in [-0.15, -0.1) is 0 Å². The Kier molecular flexibility index (Phi) is 4.84. The van der Waals surface area contributed by atoms with E-state index in [9.17, 15) is 9.90 Å². The van der Waals surface area contributed by atoms with Gasteiger partial charge in [0.15, 0.2) is 0 Å².